The molecule has 0 radical (unpaired) electrons. The highest BCUT2D eigenvalue weighted by molar-refractivity contribution is 14.1. The Morgan fingerprint density at radius 2 is 1.88 bits per heavy atom. The molecule has 0 aromatic heterocycles. The van der Waals surface area contributed by atoms with Crippen LogP contribution in [-0.2, 0) is 4.79 Å². The molecule has 7 heteroatoms. The Labute approximate surface area is 159 Å². The maximum atomic E-state index is 12.1. The zero-order valence-corrected chi connectivity index (χ0v) is 16.2. The van der Waals surface area contributed by atoms with Gasteiger partial charge in [0, 0.05) is 23.4 Å². The number of halogens is 2. The van der Waals surface area contributed by atoms with Crippen molar-refractivity contribution in [3.63, 3.8) is 0 Å². The van der Waals surface area contributed by atoms with E-state index in [0.717, 1.165) is 9.26 Å². The molecule has 0 saturated carbocycles. The maximum Gasteiger partial charge on any atom is 0.252 e. The molecule has 2 aromatic rings. The minimum atomic E-state index is -0.317. The van der Waals surface area contributed by atoms with Crippen molar-refractivity contribution in [2.45, 2.75) is 0 Å². The Balaban J connectivity index is 1.93. The van der Waals surface area contributed by atoms with Crippen molar-refractivity contribution in [2.75, 3.05) is 30.9 Å². The molecule has 0 spiro atoms. The van der Waals surface area contributed by atoms with Gasteiger partial charge < -0.3 is 15.5 Å². The second kappa shape index (κ2) is 8.34. The summed E-state index contributed by atoms with van der Waals surface area (Å²) in [6.07, 6.45) is 0. The molecule has 0 aliphatic heterocycles. The third-order valence-corrected chi connectivity index (χ3v) is 4.48. The van der Waals surface area contributed by atoms with Crippen LogP contribution in [0.3, 0.4) is 0 Å². The highest BCUT2D eigenvalue weighted by Crippen LogP contribution is 2.27. The lowest BCUT2D eigenvalue weighted by Gasteiger charge is -2.15. The third-order valence-electron chi connectivity index (χ3n) is 3.24. The van der Waals surface area contributed by atoms with Crippen molar-refractivity contribution in [3.8, 4) is 0 Å². The molecule has 2 N–H and O–H groups in total. The van der Waals surface area contributed by atoms with Gasteiger partial charge in [0.05, 0.1) is 22.8 Å². The number of amides is 2. The van der Waals surface area contributed by atoms with Crippen molar-refractivity contribution in [1.29, 1.82) is 0 Å². The Morgan fingerprint density at radius 3 is 2.50 bits per heavy atom. The number of rotatable bonds is 5. The molecule has 2 aromatic carbocycles. The first kappa shape index (κ1) is 18.5. The second-order valence-corrected chi connectivity index (χ2v) is 6.84. The predicted octanol–water partition coefficient (Wildman–Crippen LogP) is 3.38. The van der Waals surface area contributed by atoms with Crippen LogP contribution in [0.1, 0.15) is 10.4 Å². The molecular weight excluding hydrogens is 441 g/mol. The van der Waals surface area contributed by atoms with E-state index in [2.05, 4.69) is 33.2 Å². The Kier molecular flexibility index (Phi) is 6.44. The van der Waals surface area contributed by atoms with E-state index < -0.39 is 0 Å². The number of nitrogens with one attached hydrogen (secondary N) is 2. The smallest absolute Gasteiger partial charge is 0.252 e. The van der Waals surface area contributed by atoms with Crippen LogP contribution >= 0.6 is 34.2 Å². The third kappa shape index (κ3) is 4.85. The number of anilines is 2. The number of hydrogen-bond donors (Lipinski definition) is 2. The molecule has 0 aliphatic rings. The summed E-state index contributed by atoms with van der Waals surface area (Å²) in [7, 11) is 3.78. The van der Waals surface area contributed by atoms with Crippen LogP contribution in [0, 0.1) is 3.57 Å². The molecule has 2 rings (SSSR count). The van der Waals surface area contributed by atoms with Gasteiger partial charge in [-0.3, -0.25) is 9.59 Å². The Bertz CT molecular complexity index is 765. The lowest BCUT2D eigenvalue weighted by atomic mass is 10.2. The van der Waals surface area contributed by atoms with Gasteiger partial charge in [-0.15, -0.1) is 0 Å². The molecule has 2 amide bonds. The van der Waals surface area contributed by atoms with Crippen LogP contribution in [0.2, 0.25) is 5.02 Å². The topological polar surface area (TPSA) is 61.4 Å². The number of benzene rings is 2. The van der Waals surface area contributed by atoms with Gasteiger partial charge in [0.2, 0.25) is 5.91 Å². The fourth-order valence-corrected chi connectivity index (χ4v) is 3.04. The highest BCUT2D eigenvalue weighted by atomic mass is 127. The number of carbonyl (C=O) groups excluding carboxylic acids is 2. The van der Waals surface area contributed by atoms with Gasteiger partial charge in [-0.25, -0.2) is 0 Å². The van der Waals surface area contributed by atoms with Crippen LogP contribution in [0.4, 0.5) is 11.4 Å². The summed E-state index contributed by atoms with van der Waals surface area (Å²) in [5.41, 5.74) is 1.99. The van der Waals surface area contributed by atoms with Gasteiger partial charge in [-0.05, 0) is 52.9 Å². The summed E-state index contributed by atoms with van der Waals surface area (Å²) in [6.45, 7) is -0.114. The minimum absolute atomic E-state index is 0.114. The normalized spacial score (nSPS) is 10.2. The molecule has 0 bridgehead atoms. The average Bonchev–Trinajstić information content (AvgIpc) is 2.52. The van der Waals surface area contributed by atoms with Crippen LogP contribution < -0.4 is 15.5 Å². The summed E-state index contributed by atoms with van der Waals surface area (Å²) < 4.78 is 0.832. The summed E-state index contributed by atoms with van der Waals surface area (Å²) in [4.78, 5) is 25.9. The number of hydrogen-bond acceptors (Lipinski definition) is 3. The highest BCUT2D eigenvalue weighted by Gasteiger charge is 2.11. The maximum absolute atomic E-state index is 12.1. The zero-order valence-electron chi connectivity index (χ0n) is 13.3. The van der Waals surface area contributed by atoms with Gasteiger partial charge in [-0.1, -0.05) is 23.7 Å². The van der Waals surface area contributed by atoms with Crippen LogP contribution in [0.25, 0.3) is 0 Å². The first-order chi connectivity index (χ1) is 11.4. The van der Waals surface area contributed by atoms with Crippen LogP contribution in [0.15, 0.2) is 42.5 Å². The summed E-state index contributed by atoms with van der Waals surface area (Å²) >= 11 is 8.25. The molecule has 0 aliphatic carbocycles. The molecule has 0 heterocycles. The molecule has 0 fully saturated rings. The van der Waals surface area contributed by atoms with Crippen molar-refractivity contribution >= 4 is 57.4 Å². The van der Waals surface area contributed by atoms with Gasteiger partial charge >= 0.3 is 0 Å². The number of carbonyl (C=O) groups is 2. The summed E-state index contributed by atoms with van der Waals surface area (Å²) in [6, 6.07) is 12.5. The SMILES string of the molecule is CN(C)c1ccc(NC(=O)CNC(=O)c2ccccc2I)cc1Cl. The van der Waals surface area contributed by atoms with Crippen molar-refractivity contribution < 1.29 is 9.59 Å². The fraction of sp³-hybridized carbons (Fsp3) is 0.176. The van der Waals surface area contributed by atoms with Crippen molar-refractivity contribution in [2.24, 2.45) is 0 Å². The van der Waals surface area contributed by atoms with Gasteiger partial charge in [0.25, 0.3) is 5.91 Å². The van der Waals surface area contributed by atoms with E-state index in [1.165, 1.54) is 0 Å². The Hall–Kier alpha value is -1.80. The number of nitrogens with zero attached hydrogens (tertiary/aromatic N) is 1. The van der Waals surface area contributed by atoms with E-state index in [4.69, 9.17) is 11.6 Å². The van der Waals surface area contributed by atoms with Crippen LogP contribution in [0.5, 0.6) is 0 Å². The van der Waals surface area contributed by atoms with E-state index in [-0.39, 0.29) is 18.4 Å². The molecule has 5 nitrogen and oxygen atoms in total. The molecule has 24 heavy (non-hydrogen) atoms. The molecule has 0 unspecified atom stereocenters. The summed E-state index contributed by atoms with van der Waals surface area (Å²) in [5.74, 6) is -0.598. The zero-order chi connectivity index (χ0) is 17.7. The lowest BCUT2D eigenvalue weighted by molar-refractivity contribution is -0.115. The molecule has 0 saturated heterocycles. The standard InChI is InChI=1S/C17H17ClIN3O2/c1-22(2)15-8-7-11(9-13(15)18)21-16(23)10-20-17(24)12-5-3-4-6-14(12)19/h3-9H,10H2,1-2H3,(H,20,24)(H,21,23). The van der Waals surface area contributed by atoms with Gasteiger partial charge in [0.15, 0.2) is 0 Å². The van der Waals surface area contributed by atoms with E-state index in [1.807, 2.05) is 37.2 Å². The minimum Gasteiger partial charge on any atom is -0.376 e. The Morgan fingerprint density at radius 1 is 1.17 bits per heavy atom. The molecular formula is C17H17ClIN3O2. The first-order valence-electron chi connectivity index (χ1n) is 7.18. The van der Waals surface area contributed by atoms with E-state index in [1.54, 1.807) is 24.3 Å². The summed E-state index contributed by atoms with van der Waals surface area (Å²) in [5, 5.41) is 5.86. The van der Waals surface area contributed by atoms with Crippen molar-refractivity contribution in [1.82, 2.24) is 5.32 Å². The second-order valence-electron chi connectivity index (χ2n) is 5.27. The first-order valence-corrected chi connectivity index (χ1v) is 8.63. The van der Waals surface area contributed by atoms with E-state index in [9.17, 15) is 9.59 Å². The van der Waals surface area contributed by atoms with E-state index >= 15 is 0 Å². The van der Waals surface area contributed by atoms with E-state index in [0.29, 0.717) is 16.3 Å². The largest absolute Gasteiger partial charge is 0.376 e. The molecule has 0 atom stereocenters. The lowest BCUT2D eigenvalue weighted by Crippen LogP contribution is -2.33. The van der Waals surface area contributed by atoms with Crippen molar-refractivity contribution in [3.05, 3.63) is 56.6 Å². The fourth-order valence-electron chi connectivity index (χ4n) is 2.05. The average molecular weight is 458 g/mol. The predicted molar refractivity (Wildman–Crippen MR) is 106 cm³/mol. The van der Waals surface area contributed by atoms with Gasteiger partial charge in [-0.2, -0.15) is 0 Å². The monoisotopic (exact) mass is 457 g/mol. The molecule has 126 valence electrons. The quantitative estimate of drug-likeness (QED) is 0.677. The van der Waals surface area contributed by atoms with Gasteiger partial charge in [0.1, 0.15) is 0 Å². The van der Waals surface area contributed by atoms with Crippen LogP contribution in [-0.4, -0.2) is 32.5 Å².